The number of aliphatic hydroxyl groups is 4. The molecule has 0 unspecified atom stereocenters. The molecule has 1 saturated heterocycles. The summed E-state index contributed by atoms with van der Waals surface area (Å²) in [4.78, 5) is 12.6. The highest BCUT2D eigenvalue weighted by molar-refractivity contribution is 5.86. The van der Waals surface area contributed by atoms with E-state index in [1.165, 1.54) is 32.4 Å². The summed E-state index contributed by atoms with van der Waals surface area (Å²) in [5.74, 6) is -0.576. The lowest BCUT2D eigenvalue weighted by Gasteiger charge is -2.39. The summed E-state index contributed by atoms with van der Waals surface area (Å²) in [6, 6.07) is 6.23. The van der Waals surface area contributed by atoms with E-state index in [1.54, 1.807) is 0 Å². The smallest absolute Gasteiger partial charge is 0.229 e. The lowest BCUT2D eigenvalue weighted by molar-refractivity contribution is -0.277. The summed E-state index contributed by atoms with van der Waals surface area (Å²) in [6.07, 6.45) is -7.56. The molecular formula is C23H24O12. The fourth-order valence-corrected chi connectivity index (χ4v) is 3.82. The summed E-state index contributed by atoms with van der Waals surface area (Å²) >= 11 is 0. The number of methoxy groups -OCH3 is 2. The second-order valence-electron chi connectivity index (χ2n) is 7.84. The first-order valence-electron chi connectivity index (χ1n) is 10.4. The molecular weight excluding hydrogens is 468 g/mol. The molecule has 4 rings (SSSR count). The van der Waals surface area contributed by atoms with Crippen molar-refractivity contribution in [1.29, 1.82) is 0 Å². The molecule has 3 aromatic rings. The van der Waals surface area contributed by atoms with E-state index in [1.807, 2.05) is 0 Å². The van der Waals surface area contributed by atoms with Gasteiger partial charge in [0.25, 0.3) is 0 Å². The van der Waals surface area contributed by atoms with E-state index >= 15 is 0 Å². The van der Waals surface area contributed by atoms with Gasteiger partial charge in [-0.15, -0.1) is 0 Å². The van der Waals surface area contributed by atoms with Gasteiger partial charge in [-0.1, -0.05) is 0 Å². The predicted octanol–water partition coefficient (Wildman–Crippen LogP) is 0.0671. The molecule has 35 heavy (non-hydrogen) atoms. The lowest BCUT2D eigenvalue weighted by atomic mass is 9.99. The van der Waals surface area contributed by atoms with Gasteiger partial charge < -0.3 is 54.0 Å². The van der Waals surface area contributed by atoms with Crippen molar-refractivity contribution in [2.75, 3.05) is 20.8 Å². The number of phenolic OH excluding ortho intramolecular Hbond substituents is 2. The monoisotopic (exact) mass is 492 g/mol. The Morgan fingerprint density at radius 1 is 0.914 bits per heavy atom. The van der Waals surface area contributed by atoms with Crippen molar-refractivity contribution in [3.8, 4) is 40.1 Å². The minimum Gasteiger partial charge on any atom is -0.508 e. The largest absolute Gasteiger partial charge is 0.508 e. The number of fused-ring (bicyclic) bond motifs is 1. The predicted molar refractivity (Wildman–Crippen MR) is 119 cm³/mol. The summed E-state index contributed by atoms with van der Waals surface area (Å²) in [7, 11) is 2.65. The highest BCUT2D eigenvalue weighted by atomic mass is 16.7. The zero-order valence-corrected chi connectivity index (χ0v) is 18.6. The van der Waals surface area contributed by atoms with Crippen LogP contribution in [0.1, 0.15) is 0 Å². The van der Waals surface area contributed by atoms with Gasteiger partial charge in [-0.2, -0.15) is 0 Å². The second kappa shape index (κ2) is 9.60. The molecule has 0 spiro atoms. The van der Waals surface area contributed by atoms with Gasteiger partial charge in [-0.3, -0.25) is 4.79 Å². The molecule has 1 aromatic heterocycles. The normalized spacial score (nSPS) is 24.3. The number of hydrogen-bond donors (Lipinski definition) is 6. The van der Waals surface area contributed by atoms with Crippen LogP contribution >= 0.6 is 0 Å². The van der Waals surface area contributed by atoms with E-state index in [0.717, 1.165) is 12.1 Å². The second-order valence-corrected chi connectivity index (χ2v) is 7.84. The fourth-order valence-electron chi connectivity index (χ4n) is 3.82. The van der Waals surface area contributed by atoms with Gasteiger partial charge >= 0.3 is 0 Å². The number of aromatic hydroxyl groups is 2. The molecule has 188 valence electrons. The van der Waals surface area contributed by atoms with Crippen LogP contribution in [0.5, 0.6) is 28.7 Å². The van der Waals surface area contributed by atoms with E-state index < -0.39 is 48.5 Å². The molecule has 1 aliphatic rings. The van der Waals surface area contributed by atoms with Gasteiger partial charge in [0, 0.05) is 23.8 Å². The van der Waals surface area contributed by atoms with Crippen molar-refractivity contribution in [3.05, 3.63) is 40.6 Å². The van der Waals surface area contributed by atoms with Gasteiger partial charge in [0.15, 0.2) is 16.9 Å². The number of aliphatic hydroxyl groups excluding tert-OH is 4. The number of ether oxygens (including phenoxy) is 4. The van der Waals surface area contributed by atoms with Crippen LogP contribution in [-0.4, -0.2) is 82.2 Å². The highest BCUT2D eigenvalue weighted by Gasteiger charge is 2.45. The first-order valence-corrected chi connectivity index (χ1v) is 10.4. The van der Waals surface area contributed by atoms with Gasteiger partial charge in [-0.05, 0) is 12.1 Å². The molecule has 0 amide bonds. The van der Waals surface area contributed by atoms with Crippen LogP contribution in [0.4, 0.5) is 0 Å². The minimum atomic E-state index is -1.67. The van der Waals surface area contributed by atoms with E-state index in [-0.39, 0.29) is 39.7 Å². The quantitative estimate of drug-likeness (QED) is 0.272. The Bertz CT molecular complexity index is 1260. The van der Waals surface area contributed by atoms with Gasteiger partial charge in [-0.25, -0.2) is 0 Å². The molecule has 1 aliphatic heterocycles. The summed E-state index contributed by atoms with van der Waals surface area (Å²) in [5.41, 5.74) is -0.301. The van der Waals surface area contributed by atoms with Crippen molar-refractivity contribution < 1.29 is 54.0 Å². The Labute approximate surface area is 197 Å². The first kappa shape index (κ1) is 24.6. The van der Waals surface area contributed by atoms with Crippen LogP contribution in [0.3, 0.4) is 0 Å². The van der Waals surface area contributed by atoms with Gasteiger partial charge in [0.1, 0.15) is 52.6 Å². The molecule has 12 nitrogen and oxygen atoms in total. The maximum atomic E-state index is 12.6. The van der Waals surface area contributed by atoms with Crippen LogP contribution in [0.15, 0.2) is 39.5 Å². The topological polar surface area (TPSA) is 189 Å². The summed E-state index contributed by atoms with van der Waals surface area (Å²) < 4.78 is 27.6. The van der Waals surface area contributed by atoms with Gasteiger partial charge in [0.05, 0.1) is 20.8 Å². The minimum absolute atomic E-state index is 0.0403. The molecule has 12 heteroatoms. The zero-order chi connectivity index (χ0) is 25.4. The van der Waals surface area contributed by atoms with Crippen LogP contribution in [0, 0.1) is 0 Å². The van der Waals surface area contributed by atoms with Crippen LogP contribution < -0.4 is 19.6 Å². The third kappa shape index (κ3) is 4.45. The molecule has 1 fully saturated rings. The average molecular weight is 492 g/mol. The molecule has 0 aliphatic carbocycles. The molecule has 2 heterocycles. The van der Waals surface area contributed by atoms with E-state index in [2.05, 4.69) is 0 Å². The summed E-state index contributed by atoms with van der Waals surface area (Å²) in [5, 5.41) is 59.3. The van der Waals surface area contributed by atoms with Crippen molar-refractivity contribution in [2.24, 2.45) is 0 Å². The maximum Gasteiger partial charge on any atom is 0.229 e. The van der Waals surface area contributed by atoms with Crippen molar-refractivity contribution in [3.63, 3.8) is 0 Å². The van der Waals surface area contributed by atoms with Gasteiger partial charge in [0.2, 0.25) is 12.0 Å². The number of benzene rings is 2. The highest BCUT2D eigenvalue weighted by Crippen LogP contribution is 2.43. The van der Waals surface area contributed by atoms with Crippen LogP contribution in [0.2, 0.25) is 0 Å². The summed E-state index contributed by atoms with van der Waals surface area (Å²) in [6.45, 7) is -0.635. The number of hydrogen-bond acceptors (Lipinski definition) is 12. The van der Waals surface area contributed by atoms with Crippen molar-refractivity contribution in [1.82, 2.24) is 0 Å². The first-order chi connectivity index (χ1) is 16.7. The average Bonchev–Trinajstić information content (AvgIpc) is 2.83. The van der Waals surface area contributed by atoms with E-state index in [9.17, 15) is 35.4 Å². The third-order valence-electron chi connectivity index (χ3n) is 5.62. The molecule has 0 saturated carbocycles. The maximum absolute atomic E-state index is 12.6. The lowest BCUT2D eigenvalue weighted by Crippen LogP contribution is -2.60. The molecule has 0 bridgehead atoms. The molecule has 5 atom stereocenters. The fraction of sp³-hybridized carbons (Fsp3) is 0.348. The number of phenols is 2. The Hall–Kier alpha value is -3.55. The molecule has 6 N–H and O–H groups in total. The standard InChI is InChI=1S/C23H24O12/c1-31-15-3-9(13-7-12(27)18-11(26)5-10(25)6-14(18)33-13)4-16(32-2)22(15)35-23-21(30)20(29)19(28)17(8-24)34-23/h3-7,17,19-21,23-26,28-30H,8H2,1-2H3/t17-,19-,20+,21-,23-/m1/s1. The van der Waals surface area contributed by atoms with E-state index in [4.69, 9.17) is 23.4 Å². The van der Waals surface area contributed by atoms with Crippen LogP contribution in [-0.2, 0) is 4.74 Å². The Kier molecular flexibility index (Phi) is 6.74. The third-order valence-corrected chi connectivity index (χ3v) is 5.62. The van der Waals surface area contributed by atoms with Crippen LogP contribution in [0.25, 0.3) is 22.3 Å². The molecule has 0 radical (unpaired) electrons. The van der Waals surface area contributed by atoms with Crippen molar-refractivity contribution >= 4 is 11.0 Å². The SMILES string of the molecule is COc1cc(-c2cc(=O)c3c(O)cc(O)cc3o2)cc(OC)c1O[C@H]1O[C@H](CO)[C@@H](O)[C@H](O)[C@H]1O. The van der Waals surface area contributed by atoms with E-state index in [0.29, 0.717) is 5.56 Å². The molecule has 2 aromatic carbocycles. The number of rotatable bonds is 6. The Morgan fingerprint density at radius 3 is 2.17 bits per heavy atom. The Balaban J connectivity index is 1.76. The zero-order valence-electron chi connectivity index (χ0n) is 18.6. The van der Waals surface area contributed by atoms with Crippen molar-refractivity contribution in [2.45, 2.75) is 30.7 Å². The Morgan fingerprint density at radius 2 is 1.57 bits per heavy atom.